The van der Waals surface area contributed by atoms with Crippen molar-refractivity contribution in [3.8, 4) is 5.75 Å². The van der Waals surface area contributed by atoms with Gasteiger partial charge in [0.15, 0.2) is 0 Å². The number of nitrogen functional groups attached to an aromatic ring is 1. The summed E-state index contributed by atoms with van der Waals surface area (Å²) in [6.45, 7) is 2.09. The molecular formula is C13H17F3N2O2. The van der Waals surface area contributed by atoms with Crippen LogP contribution in [-0.4, -0.2) is 36.7 Å². The normalized spacial score (nSPS) is 11.2. The highest BCUT2D eigenvalue weighted by atomic mass is 19.4. The van der Waals surface area contributed by atoms with E-state index in [1.54, 1.807) is 13.0 Å². The van der Waals surface area contributed by atoms with E-state index in [2.05, 4.69) is 0 Å². The number of hydrogen-bond donors (Lipinski definition) is 1. The van der Waals surface area contributed by atoms with E-state index in [9.17, 15) is 18.0 Å². The molecule has 0 radical (unpaired) electrons. The van der Waals surface area contributed by atoms with E-state index >= 15 is 0 Å². The summed E-state index contributed by atoms with van der Waals surface area (Å²) >= 11 is 0. The Morgan fingerprint density at radius 3 is 2.50 bits per heavy atom. The van der Waals surface area contributed by atoms with Crippen LogP contribution in [0.15, 0.2) is 18.2 Å². The van der Waals surface area contributed by atoms with Gasteiger partial charge in [0, 0.05) is 12.2 Å². The Labute approximate surface area is 115 Å². The van der Waals surface area contributed by atoms with Crippen LogP contribution in [0.4, 0.5) is 18.9 Å². The third-order valence-corrected chi connectivity index (χ3v) is 2.61. The lowest BCUT2D eigenvalue weighted by Gasteiger charge is -2.24. The molecule has 0 aliphatic rings. The predicted octanol–water partition coefficient (Wildman–Crippen LogP) is 2.69. The molecule has 0 aliphatic heterocycles. The maximum atomic E-state index is 12.5. The minimum Gasteiger partial charge on any atom is -0.493 e. The first-order valence-corrected chi connectivity index (χ1v) is 6.17. The number of nitrogens with two attached hydrogens (primary N) is 1. The predicted molar refractivity (Wildman–Crippen MR) is 69.7 cm³/mol. The van der Waals surface area contributed by atoms with Crippen LogP contribution in [0.1, 0.15) is 24.2 Å². The molecule has 0 atom stereocenters. The number of hydrogen-bond acceptors (Lipinski definition) is 3. The van der Waals surface area contributed by atoms with Crippen molar-refractivity contribution in [2.45, 2.75) is 20.0 Å². The zero-order valence-electron chi connectivity index (χ0n) is 11.3. The number of carbonyl (C=O) groups is 1. The van der Waals surface area contributed by atoms with E-state index < -0.39 is 18.6 Å². The number of anilines is 1. The molecule has 20 heavy (non-hydrogen) atoms. The Bertz CT molecular complexity index is 475. The first-order valence-electron chi connectivity index (χ1n) is 6.17. The average molecular weight is 290 g/mol. The second-order valence-corrected chi connectivity index (χ2v) is 4.09. The number of ether oxygens (including phenoxy) is 1. The average Bonchev–Trinajstić information content (AvgIpc) is 2.35. The van der Waals surface area contributed by atoms with Gasteiger partial charge in [-0.2, -0.15) is 13.2 Å². The van der Waals surface area contributed by atoms with Gasteiger partial charge in [-0.15, -0.1) is 0 Å². The lowest BCUT2D eigenvalue weighted by molar-refractivity contribution is -0.140. The number of alkyl halides is 3. The maximum Gasteiger partial charge on any atom is 0.406 e. The van der Waals surface area contributed by atoms with Crippen LogP contribution < -0.4 is 10.5 Å². The number of amides is 1. The van der Waals surface area contributed by atoms with Crippen LogP contribution in [-0.2, 0) is 0 Å². The monoisotopic (exact) mass is 290 g/mol. The van der Waals surface area contributed by atoms with Gasteiger partial charge in [-0.1, -0.05) is 6.07 Å². The number of benzene rings is 1. The summed E-state index contributed by atoms with van der Waals surface area (Å²) in [5, 5.41) is 0. The van der Waals surface area contributed by atoms with Crippen molar-refractivity contribution in [1.82, 2.24) is 4.90 Å². The number of carbonyl (C=O) groups excluding carboxylic acids is 1. The van der Waals surface area contributed by atoms with Crippen molar-refractivity contribution in [1.29, 1.82) is 0 Å². The van der Waals surface area contributed by atoms with Gasteiger partial charge in [-0.25, -0.2) is 0 Å². The fraction of sp³-hybridized carbons (Fsp3) is 0.462. The lowest BCUT2D eigenvalue weighted by atomic mass is 10.1. The smallest absolute Gasteiger partial charge is 0.406 e. The van der Waals surface area contributed by atoms with Crippen molar-refractivity contribution in [3.05, 3.63) is 23.8 Å². The van der Waals surface area contributed by atoms with Gasteiger partial charge in [0.2, 0.25) is 0 Å². The van der Waals surface area contributed by atoms with E-state index in [0.29, 0.717) is 4.90 Å². The van der Waals surface area contributed by atoms with E-state index in [0.717, 1.165) is 0 Å². The summed E-state index contributed by atoms with van der Waals surface area (Å²) in [5.41, 5.74) is 5.77. The van der Waals surface area contributed by atoms with Crippen molar-refractivity contribution in [2.24, 2.45) is 0 Å². The molecule has 1 aromatic carbocycles. The van der Waals surface area contributed by atoms with Gasteiger partial charge in [0.05, 0.1) is 6.61 Å². The van der Waals surface area contributed by atoms with Gasteiger partial charge in [-0.05, 0) is 26.0 Å². The summed E-state index contributed by atoms with van der Waals surface area (Å²) in [6.07, 6.45) is -4.46. The topological polar surface area (TPSA) is 55.6 Å². The molecule has 0 aromatic heterocycles. The third kappa shape index (κ3) is 4.04. The van der Waals surface area contributed by atoms with Gasteiger partial charge < -0.3 is 15.4 Å². The quantitative estimate of drug-likeness (QED) is 0.848. The molecule has 4 nitrogen and oxygen atoms in total. The van der Waals surface area contributed by atoms with Crippen LogP contribution in [0.2, 0.25) is 0 Å². The molecule has 0 fully saturated rings. The van der Waals surface area contributed by atoms with Crippen LogP contribution in [0.3, 0.4) is 0 Å². The zero-order chi connectivity index (χ0) is 15.3. The summed E-state index contributed by atoms with van der Waals surface area (Å²) in [6, 6.07) is 4.54. The van der Waals surface area contributed by atoms with Gasteiger partial charge in [-0.3, -0.25) is 4.79 Å². The molecule has 0 bridgehead atoms. The number of nitrogens with zero attached hydrogens (tertiary/aromatic N) is 1. The van der Waals surface area contributed by atoms with Crippen molar-refractivity contribution in [3.63, 3.8) is 0 Å². The molecule has 7 heteroatoms. The largest absolute Gasteiger partial charge is 0.493 e. The molecule has 0 unspecified atom stereocenters. The standard InChI is InChI=1S/C13H17F3N2O2/c1-3-18(8-13(14,15)16)12(19)11-9(17)6-5-7-10(11)20-4-2/h5-7H,3-4,8,17H2,1-2H3. The van der Waals surface area contributed by atoms with E-state index in [-0.39, 0.29) is 30.2 Å². The molecule has 0 saturated heterocycles. The highest BCUT2D eigenvalue weighted by Crippen LogP contribution is 2.27. The minimum absolute atomic E-state index is 0.0274. The maximum absolute atomic E-state index is 12.5. The van der Waals surface area contributed by atoms with Gasteiger partial charge in [0.25, 0.3) is 5.91 Å². The second kappa shape index (κ2) is 6.49. The van der Waals surface area contributed by atoms with Crippen LogP contribution in [0.5, 0.6) is 5.75 Å². The SMILES string of the molecule is CCOc1cccc(N)c1C(=O)N(CC)CC(F)(F)F. The molecular weight excluding hydrogens is 273 g/mol. The van der Waals surface area contributed by atoms with Crippen molar-refractivity contribution < 1.29 is 22.7 Å². The molecule has 112 valence electrons. The molecule has 1 aromatic rings. The zero-order valence-corrected chi connectivity index (χ0v) is 11.3. The number of halogens is 3. The first kappa shape index (κ1) is 16.1. The summed E-state index contributed by atoms with van der Waals surface area (Å²) < 4.78 is 42.6. The number of rotatable bonds is 5. The molecule has 1 amide bonds. The van der Waals surface area contributed by atoms with Crippen LogP contribution >= 0.6 is 0 Å². The van der Waals surface area contributed by atoms with Crippen molar-refractivity contribution >= 4 is 11.6 Å². The summed E-state index contributed by atoms with van der Waals surface area (Å²) in [4.78, 5) is 12.9. The summed E-state index contributed by atoms with van der Waals surface area (Å²) in [7, 11) is 0. The Morgan fingerprint density at radius 2 is 2.00 bits per heavy atom. The third-order valence-electron chi connectivity index (χ3n) is 2.61. The Balaban J connectivity index is 3.12. The Hall–Kier alpha value is -1.92. The second-order valence-electron chi connectivity index (χ2n) is 4.09. The molecule has 0 aliphatic carbocycles. The first-order chi connectivity index (χ1) is 9.30. The van der Waals surface area contributed by atoms with E-state index in [1.165, 1.54) is 19.1 Å². The Morgan fingerprint density at radius 1 is 1.35 bits per heavy atom. The highest BCUT2D eigenvalue weighted by molar-refractivity contribution is 6.01. The molecule has 0 heterocycles. The Kier molecular flexibility index (Phi) is 5.24. The molecule has 2 N–H and O–H groups in total. The van der Waals surface area contributed by atoms with Crippen LogP contribution in [0.25, 0.3) is 0 Å². The van der Waals surface area contributed by atoms with Crippen molar-refractivity contribution in [2.75, 3.05) is 25.4 Å². The van der Waals surface area contributed by atoms with Gasteiger partial charge in [0.1, 0.15) is 17.9 Å². The molecule has 1 rings (SSSR count). The van der Waals surface area contributed by atoms with Crippen LogP contribution in [0, 0.1) is 0 Å². The summed E-state index contributed by atoms with van der Waals surface area (Å²) in [5.74, 6) is -0.593. The van der Waals surface area contributed by atoms with E-state index in [1.807, 2.05) is 0 Å². The van der Waals surface area contributed by atoms with Gasteiger partial charge >= 0.3 is 6.18 Å². The lowest BCUT2D eigenvalue weighted by Crippen LogP contribution is -2.39. The molecule has 0 spiro atoms. The molecule has 0 saturated carbocycles. The minimum atomic E-state index is -4.46. The highest BCUT2D eigenvalue weighted by Gasteiger charge is 2.33. The fourth-order valence-electron chi connectivity index (χ4n) is 1.75. The van der Waals surface area contributed by atoms with E-state index in [4.69, 9.17) is 10.5 Å². The fourth-order valence-corrected chi connectivity index (χ4v) is 1.75.